The highest BCUT2D eigenvalue weighted by atomic mass is 16.5. The Bertz CT molecular complexity index is 1460. The minimum atomic E-state index is 0.686. The van der Waals surface area contributed by atoms with Crippen LogP contribution in [-0.4, -0.2) is 31.8 Å². The standard InChI is InChI=1S/C26H24N6O/c1-16-13-24(30-26-20(16)11-8-12-22(26)33-4)32-25(14-17(2)31-32)29-23-15-21(27-18(3)28-23)19-9-6-5-7-10-19/h5-15H,1-4H3,(H,27,28,29). The molecule has 0 bridgehead atoms. The number of pyridine rings is 1. The third-order valence-electron chi connectivity index (χ3n) is 5.43. The molecule has 164 valence electrons. The molecule has 0 fully saturated rings. The summed E-state index contributed by atoms with van der Waals surface area (Å²) in [7, 11) is 1.66. The monoisotopic (exact) mass is 436 g/mol. The summed E-state index contributed by atoms with van der Waals surface area (Å²) in [6, 6.07) is 22.0. The fraction of sp³-hybridized carbons (Fsp3) is 0.154. The maximum Gasteiger partial charge on any atom is 0.156 e. The van der Waals surface area contributed by atoms with E-state index in [9.17, 15) is 0 Å². The van der Waals surface area contributed by atoms with E-state index in [0.717, 1.165) is 45.0 Å². The zero-order valence-corrected chi connectivity index (χ0v) is 19.0. The summed E-state index contributed by atoms with van der Waals surface area (Å²) in [5, 5.41) is 9.16. The van der Waals surface area contributed by atoms with E-state index in [1.807, 2.05) is 80.6 Å². The zero-order valence-electron chi connectivity index (χ0n) is 19.0. The summed E-state index contributed by atoms with van der Waals surface area (Å²) in [5.41, 5.74) is 4.66. The van der Waals surface area contributed by atoms with Gasteiger partial charge in [-0.3, -0.25) is 0 Å². The second kappa shape index (κ2) is 8.35. The molecule has 0 aliphatic rings. The molecule has 0 aliphatic heterocycles. The molecule has 0 radical (unpaired) electrons. The number of hydrogen-bond acceptors (Lipinski definition) is 6. The highest BCUT2D eigenvalue weighted by Crippen LogP contribution is 2.29. The van der Waals surface area contributed by atoms with E-state index >= 15 is 0 Å². The number of nitrogens with zero attached hydrogens (tertiary/aromatic N) is 5. The number of nitrogens with one attached hydrogen (secondary N) is 1. The molecule has 0 saturated heterocycles. The Morgan fingerprint density at radius 3 is 2.45 bits per heavy atom. The minimum Gasteiger partial charge on any atom is -0.494 e. The van der Waals surface area contributed by atoms with Gasteiger partial charge in [-0.05, 0) is 38.5 Å². The van der Waals surface area contributed by atoms with Gasteiger partial charge in [0.05, 0.1) is 18.5 Å². The Morgan fingerprint density at radius 2 is 1.67 bits per heavy atom. The second-order valence-electron chi connectivity index (χ2n) is 7.91. The summed E-state index contributed by atoms with van der Waals surface area (Å²) in [6.07, 6.45) is 0. The molecule has 0 aliphatic carbocycles. The van der Waals surface area contributed by atoms with Gasteiger partial charge < -0.3 is 10.1 Å². The number of benzene rings is 2. The van der Waals surface area contributed by atoms with Crippen molar-refractivity contribution in [2.75, 3.05) is 12.4 Å². The van der Waals surface area contributed by atoms with Crippen molar-refractivity contribution in [2.24, 2.45) is 0 Å². The van der Waals surface area contributed by atoms with Crippen LogP contribution in [0.5, 0.6) is 5.75 Å². The van der Waals surface area contributed by atoms with Crippen molar-refractivity contribution < 1.29 is 4.74 Å². The third-order valence-corrected chi connectivity index (χ3v) is 5.43. The van der Waals surface area contributed by atoms with Gasteiger partial charge in [0.2, 0.25) is 0 Å². The first-order valence-corrected chi connectivity index (χ1v) is 10.7. The van der Waals surface area contributed by atoms with Crippen molar-refractivity contribution in [1.82, 2.24) is 24.7 Å². The van der Waals surface area contributed by atoms with Crippen LogP contribution < -0.4 is 10.1 Å². The van der Waals surface area contributed by atoms with Gasteiger partial charge in [-0.25, -0.2) is 15.0 Å². The maximum absolute atomic E-state index is 5.55. The Hall–Kier alpha value is -4.26. The highest BCUT2D eigenvalue weighted by Gasteiger charge is 2.14. The van der Waals surface area contributed by atoms with E-state index in [-0.39, 0.29) is 0 Å². The fourth-order valence-corrected chi connectivity index (χ4v) is 3.93. The first kappa shape index (κ1) is 20.6. The van der Waals surface area contributed by atoms with Crippen molar-refractivity contribution >= 4 is 22.5 Å². The number of methoxy groups -OCH3 is 1. The van der Waals surface area contributed by atoms with Crippen LogP contribution in [0.25, 0.3) is 28.0 Å². The molecular weight excluding hydrogens is 412 g/mol. The van der Waals surface area contributed by atoms with E-state index in [1.165, 1.54) is 0 Å². The smallest absolute Gasteiger partial charge is 0.156 e. The van der Waals surface area contributed by atoms with Crippen LogP contribution in [0.3, 0.4) is 0 Å². The number of ether oxygens (including phenoxy) is 1. The predicted octanol–water partition coefficient (Wildman–Crippen LogP) is 5.55. The summed E-state index contributed by atoms with van der Waals surface area (Å²) in [6.45, 7) is 5.91. The normalized spacial score (nSPS) is 11.0. The first-order valence-electron chi connectivity index (χ1n) is 10.7. The fourth-order valence-electron chi connectivity index (χ4n) is 3.93. The van der Waals surface area contributed by atoms with Crippen molar-refractivity contribution in [3.63, 3.8) is 0 Å². The van der Waals surface area contributed by atoms with Crippen molar-refractivity contribution in [3.8, 4) is 22.8 Å². The highest BCUT2D eigenvalue weighted by molar-refractivity contribution is 5.88. The van der Waals surface area contributed by atoms with Gasteiger partial charge in [0.1, 0.15) is 28.7 Å². The lowest BCUT2D eigenvalue weighted by Gasteiger charge is -2.13. The van der Waals surface area contributed by atoms with Gasteiger partial charge >= 0.3 is 0 Å². The van der Waals surface area contributed by atoms with Gasteiger partial charge in [-0.1, -0.05) is 42.5 Å². The molecule has 0 amide bonds. The average molecular weight is 437 g/mol. The molecule has 0 unspecified atom stereocenters. The Kier molecular flexibility index (Phi) is 5.22. The van der Waals surface area contributed by atoms with E-state index in [2.05, 4.69) is 22.2 Å². The van der Waals surface area contributed by atoms with E-state index in [1.54, 1.807) is 11.8 Å². The number of hydrogen-bond donors (Lipinski definition) is 1. The lowest BCUT2D eigenvalue weighted by molar-refractivity contribution is 0.419. The summed E-state index contributed by atoms with van der Waals surface area (Å²) in [5.74, 6) is 3.58. The van der Waals surface area contributed by atoms with Crippen molar-refractivity contribution in [3.05, 3.63) is 83.8 Å². The zero-order chi connectivity index (χ0) is 22.9. The van der Waals surface area contributed by atoms with Crippen LogP contribution in [-0.2, 0) is 0 Å². The lowest BCUT2D eigenvalue weighted by atomic mass is 10.1. The molecule has 5 aromatic rings. The second-order valence-corrected chi connectivity index (χ2v) is 7.91. The summed E-state index contributed by atoms with van der Waals surface area (Å²) >= 11 is 0. The maximum atomic E-state index is 5.55. The average Bonchev–Trinajstić information content (AvgIpc) is 3.18. The van der Waals surface area contributed by atoms with Gasteiger partial charge in [0.15, 0.2) is 5.82 Å². The quantitative estimate of drug-likeness (QED) is 0.389. The molecule has 0 saturated carbocycles. The molecular formula is C26H24N6O. The summed E-state index contributed by atoms with van der Waals surface area (Å²) in [4.78, 5) is 14.1. The Labute approximate surface area is 192 Å². The van der Waals surface area contributed by atoms with E-state index in [0.29, 0.717) is 17.5 Å². The topological polar surface area (TPSA) is 77.8 Å². The molecule has 1 N–H and O–H groups in total. The molecule has 3 heterocycles. The van der Waals surface area contributed by atoms with Crippen LogP contribution in [0.1, 0.15) is 17.1 Å². The van der Waals surface area contributed by atoms with Crippen LogP contribution in [0.2, 0.25) is 0 Å². The van der Waals surface area contributed by atoms with Crippen LogP contribution >= 0.6 is 0 Å². The van der Waals surface area contributed by atoms with Gasteiger partial charge in [0, 0.05) is 23.1 Å². The number of aromatic nitrogens is 5. The van der Waals surface area contributed by atoms with Crippen molar-refractivity contribution in [1.29, 1.82) is 0 Å². The van der Waals surface area contributed by atoms with Gasteiger partial charge in [-0.2, -0.15) is 9.78 Å². The molecule has 3 aromatic heterocycles. The number of aryl methyl sites for hydroxylation is 3. The van der Waals surface area contributed by atoms with E-state index < -0.39 is 0 Å². The molecule has 7 heteroatoms. The lowest BCUT2D eigenvalue weighted by Crippen LogP contribution is -2.07. The largest absolute Gasteiger partial charge is 0.494 e. The van der Waals surface area contributed by atoms with Crippen LogP contribution in [0.4, 0.5) is 11.6 Å². The molecule has 7 nitrogen and oxygen atoms in total. The summed E-state index contributed by atoms with van der Waals surface area (Å²) < 4.78 is 7.35. The number of para-hydroxylation sites is 1. The molecule has 2 aromatic carbocycles. The third kappa shape index (κ3) is 4.01. The number of rotatable bonds is 5. The molecule has 33 heavy (non-hydrogen) atoms. The SMILES string of the molecule is COc1cccc2c(C)cc(-n3nc(C)cc3Nc3cc(-c4ccccc4)nc(C)n3)nc12. The Balaban J connectivity index is 1.58. The number of anilines is 2. The predicted molar refractivity (Wildman–Crippen MR) is 130 cm³/mol. The van der Waals surface area contributed by atoms with Crippen LogP contribution in [0, 0.1) is 20.8 Å². The molecule has 5 rings (SSSR count). The number of fused-ring (bicyclic) bond motifs is 1. The van der Waals surface area contributed by atoms with Crippen LogP contribution in [0.15, 0.2) is 66.7 Å². The van der Waals surface area contributed by atoms with E-state index in [4.69, 9.17) is 14.8 Å². The first-order chi connectivity index (χ1) is 16.0. The molecule has 0 atom stereocenters. The minimum absolute atomic E-state index is 0.686. The molecule has 0 spiro atoms. The van der Waals surface area contributed by atoms with Gasteiger partial charge in [0.25, 0.3) is 0 Å². The van der Waals surface area contributed by atoms with Crippen molar-refractivity contribution in [2.45, 2.75) is 20.8 Å². The Morgan fingerprint density at radius 1 is 0.848 bits per heavy atom. The van der Waals surface area contributed by atoms with Gasteiger partial charge in [-0.15, -0.1) is 0 Å².